The summed E-state index contributed by atoms with van der Waals surface area (Å²) in [5.74, 6) is 0. The fraction of sp³-hybridized carbons (Fsp3) is 0.308. The largest absolute Gasteiger partial charge is 0.422 e. The molecule has 2 rings (SSSR count). The highest BCUT2D eigenvalue weighted by Gasteiger charge is 2.07. The summed E-state index contributed by atoms with van der Waals surface area (Å²) in [7, 11) is 1.83. The summed E-state index contributed by atoms with van der Waals surface area (Å²) in [6.45, 7) is 3.72. The molecular formula is C13H17NO2. The van der Waals surface area contributed by atoms with Crippen LogP contribution in [0.5, 0.6) is 0 Å². The molecule has 86 valence electrons. The Balaban J connectivity index is 0.00000128. The normalized spacial score (nSPS) is 9.94. The Kier molecular flexibility index (Phi) is 3.38. The number of benzene rings is 1. The molecule has 1 N–H and O–H groups in total. The first kappa shape index (κ1) is 12.3. The van der Waals surface area contributed by atoms with E-state index in [1.54, 1.807) is 6.92 Å². The molecule has 0 radical (unpaired) electrons. The Hall–Kier alpha value is -1.77. The van der Waals surface area contributed by atoms with Crippen LogP contribution in [0.25, 0.3) is 11.0 Å². The smallest absolute Gasteiger partial charge is 0.339 e. The molecule has 16 heavy (non-hydrogen) atoms. The van der Waals surface area contributed by atoms with Crippen molar-refractivity contribution in [1.29, 1.82) is 0 Å². The third kappa shape index (κ3) is 1.81. The molecule has 0 spiro atoms. The fourth-order valence-corrected chi connectivity index (χ4v) is 1.60. The molecular weight excluding hydrogens is 202 g/mol. The summed E-state index contributed by atoms with van der Waals surface area (Å²) in [4.78, 5) is 11.5. The first-order valence-corrected chi connectivity index (χ1v) is 4.85. The van der Waals surface area contributed by atoms with E-state index >= 15 is 0 Å². The van der Waals surface area contributed by atoms with Gasteiger partial charge in [0.05, 0.1) is 0 Å². The Morgan fingerprint density at radius 1 is 1.19 bits per heavy atom. The van der Waals surface area contributed by atoms with Gasteiger partial charge < -0.3 is 9.73 Å². The van der Waals surface area contributed by atoms with Crippen molar-refractivity contribution < 1.29 is 4.42 Å². The Labute approximate surface area is 95.1 Å². The van der Waals surface area contributed by atoms with Gasteiger partial charge in [-0.2, -0.15) is 0 Å². The first-order valence-electron chi connectivity index (χ1n) is 4.85. The lowest BCUT2D eigenvalue weighted by atomic mass is 10.1. The van der Waals surface area contributed by atoms with E-state index in [9.17, 15) is 4.79 Å². The predicted octanol–water partition coefficient (Wildman–Crippen LogP) is 3.09. The van der Waals surface area contributed by atoms with E-state index in [1.165, 1.54) is 0 Å². The lowest BCUT2D eigenvalue weighted by molar-refractivity contribution is 0.554. The number of rotatable bonds is 1. The van der Waals surface area contributed by atoms with E-state index in [4.69, 9.17) is 4.42 Å². The molecule has 1 heterocycles. The topological polar surface area (TPSA) is 42.2 Å². The number of aryl methyl sites for hydroxylation is 1. The molecule has 1 aromatic carbocycles. The second kappa shape index (κ2) is 4.39. The van der Waals surface area contributed by atoms with Crippen molar-refractivity contribution in [2.75, 3.05) is 12.4 Å². The minimum Gasteiger partial charge on any atom is -0.422 e. The SMILES string of the molecule is C.CNc1ccc2c(C)c(C)c(=O)oc2c1. The average Bonchev–Trinajstić information content (AvgIpc) is 2.25. The predicted molar refractivity (Wildman–Crippen MR) is 68.2 cm³/mol. The van der Waals surface area contributed by atoms with Crippen LogP contribution in [-0.2, 0) is 0 Å². The minimum atomic E-state index is -0.256. The summed E-state index contributed by atoms with van der Waals surface area (Å²) in [5.41, 5.74) is 2.99. The van der Waals surface area contributed by atoms with Crippen molar-refractivity contribution in [3.63, 3.8) is 0 Å². The molecule has 0 saturated heterocycles. The number of hydrogen-bond donors (Lipinski definition) is 1. The highest BCUT2D eigenvalue weighted by atomic mass is 16.4. The van der Waals surface area contributed by atoms with E-state index < -0.39 is 0 Å². The zero-order valence-electron chi connectivity index (χ0n) is 9.05. The third-order valence-corrected chi connectivity index (χ3v) is 2.75. The second-order valence-electron chi connectivity index (χ2n) is 3.60. The third-order valence-electron chi connectivity index (χ3n) is 2.75. The van der Waals surface area contributed by atoms with Gasteiger partial charge in [-0.3, -0.25) is 0 Å². The molecule has 0 bridgehead atoms. The van der Waals surface area contributed by atoms with Crippen molar-refractivity contribution in [3.8, 4) is 0 Å². The maximum Gasteiger partial charge on any atom is 0.339 e. The van der Waals surface area contributed by atoms with Gasteiger partial charge in [-0.15, -0.1) is 0 Å². The number of nitrogens with one attached hydrogen (secondary N) is 1. The molecule has 0 fully saturated rings. The van der Waals surface area contributed by atoms with Gasteiger partial charge in [-0.1, -0.05) is 7.43 Å². The van der Waals surface area contributed by atoms with E-state index in [0.29, 0.717) is 11.1 Å². The zero-order chi connectivity index (χ0) is 11.0. The van der Waals surface area contributed by atoms with Gasteiger partial charge in [0, 0.05) is 29.8 Å². The van der Waals surface area contributed by atoms with Gasteiger partial charge in [-0.25, -0.2) is 4.79 Å². The summed E-state index contributed by atoms with van der Waals surface area (Å²) >= 11 is 0. The first-order chi connectivity index (χ1) is 7.13. The van der Waals surface area contributed by atoms with Gasteiger partial charge in [0.25, 0.3) is 0 Å². The van der Waals surface area contributed by atoms with Gasteiger partial charge >= 0.3 is 5.63 Å². The molecule has 2 aromatic rings. The van der Waals surface area contributed by atoms with Crippen LogP contribution in [0.4, 0.5) is 5.69 Å². The van der Waals surface area contributed by atoms with Crippen LogP contribution < -0.4 is 10.9 Å². The van der Waals surface area contributed by atoms with Gasteiger partial charge in [0.15, 0.2) is 0 Å². The number of fused-ring (bicyclic) bond motifs is 1. The van der Waals surface area contributed by atoms with Crippen LogP contribution in [-0.4, -0.2) is 7.05 Å². The van der Waals surface area contributed by atoms with Gasteiger partial charge in [-0.05, 0) is 31.5 Å². The highest BCUT2D eigenvalue weighted by molar-refractivity contribution is 5.84. The molecule has 1 aromatic heterocycles. The van der Waals surface area contributed by atoms with Crippen molar-refractivity contribution in [3.05, 3.63) is 39.7 Å². The van der Waals surface area contributed by atoms with Crippen LogP contribution in [0.2, 0.25) is 0 Å². The van der Waals surface area contributed by atoms with E-state index in [-0.39, 0.29) is 13.1 Å². The standard InChI is InChI=1S/C12H13NO2.CH4/c1-7-8(2)12(14)15-11-6-9(13-3)4-5-10(7)11;/h4-6,13H,1-3H3;1H4. The molecule has 0 saturated carbocycles. The van der Waals surface area contributed by atoms with Crippen LogP contribution in [0, 0.1) is 13.8 Å². The summed E-state index contributed by atoms with van der Waals surface area (Å²) in [5, 5.41) is 4.00. The number of hydrogen-bond acceptors (Lipinski definition) is 3. The lowest BCUT2D eigenvalue weighted by Crippen LogP contribution is -2.05. The van der Waals surface area contributed by atoms with Crippen molar-refractivity contribution in [2.24, 2.45) is 0 Å². The van der Waals surface area contributed by atoms with Crippen molar-refractivity contribution in [2.45, 2.75) is 21.3 Å². The average molecular weight is 219 g/mol. The molecule has 0 aliphatic carbocycles. The zero-order valence-corrected chi connectivity index (χ0v) is 9.05. The maximum absolute atomic E-state index is 11.5. The molecule has 0 atom stereocenters. The highest BCUT2D eigenvalue weighted by Crippen LogP contribution is 2.22. The quantitative estimate of drug-likeness (QED) is 0.749. The van der Waals surface area contributed by atoms with Crippen LogP contribution in [0.1, 0.15) is 18.6 Å². The van der Waals surface area contributed by atoms with Crippen LogP contribution in [0.15, 0.2) is 27.4 Å². The Morgan fingerprint density at radius 3 is 2.50 bits per heavy atom. The van der Waals surface area contributed by atoms with Crippen molar-refractivity contribution >= 4 is 16.7 Å². The molecule has 0 aliphatic heterocycles. The van der Waals surface area contributed by atoms with Gasteiger partial charge in [0.2, 0.25) is 0 Å². The molecule has 0 aliphatic rings. The minimum absolute atomic E-state index is 0. The molecule has 3 nitrogen and oxygen atoms in total. The van der Waals surface area contributed by atoms with E-state index in [2.05, 4.69) is 5.32 Å². The molecule has 3 heteroatoms. The Morgan fingerprint density at radius 2 is 1.88 bits per heavy atom. The molecule has 0 unspecified atom stereocenters. The number of anilines is 1. The Bertz CT molecular complexity index is 570. The van der Waals surface area contributed by atoms with Crippen LogP contribution >= 0.6 is 0 Å². The monoisotopic (exact) mass is 219 g/mol. The second-order valence-corrected chi connectivity index (χ2v) is 3.60. The maximum atomic E-state index is 11.5. The summed E-state index contributed by atoms with van der Waals surface area (Å²) in [6.07, 6.45) is 0. The fourth-order valence-electron chi connectivity index (χ4n) is 1.60. The summed E-state index contributed by atoms with van der Waals surface area (Å²) in [6, 6.07) is 5.77. The van der Waals surface area contributed by atoms with E-state index in [1.807, 2.05) is 32.2 Å². The molecule has 0 amide bonds. The van der Waals surface area contributed by atoms with Gasteiger partial charge in [0.1, 0.15) is 5.58 Å². The van der Waals surface area contributed by atoms with E-state index in [0.717, 1.165) is 16.6 Å². The lowest BCUT2D eigenvalue weighted by Gasteiger charge is -2.05. The van der Waals surface area contributed by atoms with Crippen molar-refractivity contribution in [1.82, 2.24) is 0 Å². The summed E-state index contributed by atoms with van der Waals surface area (Å²) < 4.78 is 5.22. The van der Waals surface area contributed by atoms with Crippen LogP contribution in [0.3, 0.4) is 0 Å².